The predicted molar refractivity (Wildman–Crippen MR) is 81.9 cm³/mol. The summed E-state index contributed by atoms with van der Waals surface area (Å²) >= 11 is 0. The number of hydrogen-bond acceptors (Lipinski definition) is 3. The van der Waals surface area contributed by atoms with Crippen molar-refractivity contribution in [2.75, 3.05) is 18.9 Å². The van der Waals surface area contributed by atoms with Gasteiger partial charge in [0.05, 0.1) is 0 Å². The van der Waals surface area contributed by atoms with Crippen LogP contribution in [-0.2, 0) is 0 Å². The first kappa shape index (κ1) is 14.8. The Morgan fingerprint density at radius 2 is 2.00 bits per heavy atom. The first-order chi connectivity index (χ1) is 9.72. The lowest BCUT2D eigenvalue weighted by Crippen LogP contribution is -2.22. The second-order valence-corrected chi connectivity index (χ2v) is 5.68. The SMILES string of the molecule is CCC1CCC(CNc2ccnc(C(=O)NC)c2)CC1. The summed E-state index contributed by atoms with van der Waals surface area (Å²) in [5.74, 6) is 1.55. The number of amides is 1. The van der Waals surface area contributed by atoms with Crippen LogP contribution in [0.3, 0.4) is 0 Å². The second-order valence-electron chi connectivity index (χ2n) is 5.68. The number of rotatable bonds is 5. The van der Waals surface area contributed by atoms with E-state index in [0.29, 0.717) is 5.69 Å². The van der Waals surface area contributed by atoms with Crippen LogP contribution < -0.4 is 10.6 Å². The molecule has 0 bridgehead atoms. The van der Waals surface area contributed by atoms with E-state index in [1.165, 1.54) is 32.1 Å². The van der Waals surface area contributed by atoms with Crippen LogP contribution in [-0.4, -0.2) is 24.5 Å². The van der Waals surface area contributed by atoms with Gasteiger partial charge >= 0.3 is 0 Å². The maximum Gasteiger partial charge on any atom is 0.269 e. The van der Waals surface area contributed by atoms with Crippen LogP contribution in [0.1, 0.15) is 49.5 Å². The monoisotopic (exact) mass is 275 g/mol. The highest BCUT2D eigenvalue weighted by atomic mass is 16.1. The van der Waals surface area contributed by atoms with Gasteiger partial charge in [0.1, 0.15) is 5.69 Å². The largest absolute Gasteiger partial charge is 0.385 e. The second kappa shape index (κ2) is 7.27. The minimum atomic E-state index is -0.142. The van der Waals surface area contributed by atoms with Crippen molar-refractivity contribution in [3.63, 3.8) is 0 Å². The van der Waals surface area contributed by atoms with Crippen molar-refractivity contribution in [2.45, 2.75) is 39.0 Å². The van der Waals surface area contributed by atoms with Crippen molar-refractivity contribution >= 4 is 11.6 Å². The molecule has 0 radical (unpaired) electrons. The van der Waals surface area contributed by atoms with E-state index in [4.69, 9.17) is 0 Å². The summed E-state index contributed by atoms with van der Waals surface area (Å²) in [6, 6.07) is 3.74. The number of pyridine rings is 1. The van der Waals surface area contributed by atoms with Crippen molar-refractivity contribution in [1.29, 1.82) is 0 Å². The van der Waals surface area contributed by atoms with E-state index < -0.39 is 0 Å². The van der Waals surface area contributed by atoms with E-state index in [2.05, 4.69) is 22.5 Å². The fourth-order valence-electron chi connectivity index (χ4n) is 2.90. The molecule has 1 fully saturated rings. The molecule has 1 aliphatic rings. The molecule has 20 heavy (non-hydrogen) atoms. The van der Waals surface area contributed by atoms with E-state index in [9.17, 15) is 4.79 Å². The molecule has 1 heterocycles. The van der Waals surface area contributed by atoms with Crippen LogP contribution in [0.4, 0.5) is 5.69 Å². The summed E-state index contributed by atoms with van der Waals surface area (Å²) in [5.41, 5.74) is 1.45. The maximum atomic E-state index is 11.5. The van der Waals surface area contributed by atoms with Crippen LogP contribution >= 0.6 is 0 Å². The number of hydrogen-bond donors (Lipinski definition) is 2. The highest BCUT2D eigenvalue weighted by Gasteiger charge is 2.19. The van der Waals surface area contributed by atoms with Gasteiger partial charge < -0.3 is 10.6 Å². The molecule has 2 N–H and O–H groups in total. The number of carbonyl (C=O) groups is 1. The Bertz CT molecular complexity index is 439. The van der Waals surface area contributed by atoms with Gasteiger partial charge in [0.2, 0.25) is 0 Å². The molecular formula is C16H25N3O. The molecule has 4 heteroatoms. The molecule has 1 amide bonds. The summed E-state index contributed by atoms with van der Waals surface area (Å²) in [6.45, 7) is 3.29. The molecule has 0 saturated heterocycles. The molecule has 0 spiro atoms. The van der Waals surface area contributed by atoms with E-state index in [1.54, 1.807) is 13.2 Å². The fraction of sp³-hybridized carbons (Fsp3) is 0.625. The normalized spacial score (nSPS) is 22.3. The highest BCUT2D eigenvalue weighted by molar-refractivity contribution is 5.92. The standard InChI is InChI=1S/C16H25N3O/c1-3-12-4-6-13(7-5-12)11-19-14-8-9-18-15(10-14)16(20)17-2/h8-10,12-13H,3-7,11H2,1-2H3,(H,17,20)(H,18,19). The van der Waals surface area contributed by atoms with Gasteiger partial charge in [-0.1, -0.05) is 26.2 Å². The van der Waals surface area contributed by atoms with Gasteiger partial charge in [0.25, 0.3) is 5.91 Å². The van der Waals surface area contributed by atoms with Crippen LogP contribution in [0.25, 0.3) is 0 Å². The molecule has 0 atom stereocenters. The van der Waals surface area contributed by atoms with Crippen LogP contribution in [0.15, 0.2) is 18.3 Å². The zero-order chi connectivity index (χ0) is 14.4. The quantitative estimate of drug-likeness (QED) is 0.868. The molecule has 0 aromatic carbocycles. The molecule has 0 unspecified atom stereocenters. The molecule has 4 nitrogen and oxygen atoms in total. The molecule has 110 valence electrons. The summed E-state index contributed by atoms with van der Waals surface area (Å²) < 4.78 is 0. The number of aromatic nitrogens is 1. The molecule has 1 saturated carbocycles. The van der Waals surface area contributed by atoms with E-state index in [1.807, 2.05) is 12.1 Å². The average molecular weight is 275 g/mol. The third kappa shape index (κ3) is 3.95. The van der Waals surface area contributed by atoms with Crippen molar-refractivity contribution < 1.29 is 4.79 Å². The van der Waals surface area contributed by atoms with Crippen LogP contribution in [0.5, 0.6) is 0 Å². The minimum Gasteiger partial charge on any atom is -0.385 e. The first-order valence-electron chi connectivity index (χ1n) is 7.65. The Labute approximate surface area is 121 Å². The lowest BCUT2D eigenvalue weighted by atomic mass is 9.81. The Hall–Kier alpha value is -1.58. The van der Waals surface area contributed by atoms with Gasteiger partial charge in [-0.2, -0.15) is 0 Å². The maximum absolute atomic E-state index is 11.5. The van der Waals surface area contributed by atoms with Gasteiger partial charge in [-0.25, -0.2) is 0 Å². The van der Waals surface area contributed by atoms with Gasteiger partial charge in [0.15, 0.2) is 0 Å². The van der Waals surface area contributed by atoms with Gasteiger partial charge in [-0.3, -0.25) is 9.78 Å². The smallest absolute Gasteiger partial charge is 0.269 e. The third-order valence-electron chi connectivity index (χ3n) is 4.36. The Kier molecular flexibility index (Phi) is 5.39. The summed E-state index contributed by atoms with van der Waals surface area (Å²) in [6.07, 6.45) is 8.37. The average Bonchev–Trinajstić information content (AvgIpc) is 2.53. The summed E-state index contributed by atoms with van der Waals surface area (Å²) in [5, 5.41) is 6.04. The highest BCUT2D eigenvalue weighted by Crippen LogP contribution is 2.30. The van der Waals surface area contributed by atoms with E-state index >= 15 is 0 Å². The van der Waals surface area contributed by atoms with Crippen molar-refractivity contribution in [1.82, 2.24) is 10.3 Å². The number of nitrogens with one attached hydrogen (secondary N) is 2. The lowest BCUT2D eigenvalue weighted by molar-refractivity contribution is 0.0958. The zero-order valence-corrected chi connectivity index (χ0v) is 12.5. The zero-order valence-electron chi connectivity index (χ0n) is 12.5. The molecule has 2 rings (SSSR count). The Morgan fingerprint density at radius 1 is 1.30 bits per heavy atom. The number of nitrogens with zero attached hydrogens (tertiary/aromatic N) is 1. The molecule has 1 aliphatic carbocycles. The Morgan fingerprint density at radius 3 is 2.65 bits per heavy atom. The summed E-state index contributed by atoms with van der Waals surface area (Å²) in [4.78, 5) is 15.6. The van der Waals surface area contributed by atoms with E-state index in [-0.39, 0.29) is 5.91 Å². The van der Waals surface area contributed by atoms with Gasteiger partial charge in [0, 0.05) is 25.5 Å². The first-order valence-corrected chi connectivity index (χ1v) is 7.65. The van der Waals surface area contributed by atoms with Gasteiger partial charge in [-0.05, 0) is 36.8 Å². The topological polar surface area (TPSA) is 54.0 Å². The minimum absolute atomic E-state index is 0.142. The van der Waals surface area contributed by atoms with Crippen LogP contribution in [0.2, 0.25) is 0 Å². The van der Waals surface area contributed by atoms with E-state index in [0.717, 1.165) is 24.1 Å². The van der Waals surface area contributed by atoms with Crippen molar-refractivity contribution in [3.8, 4) is 0 Å². The lowest BCUT2D eigenvalue weighted by Gasteiger charge is -2.28. The van der Waals surface area contributed by atoms with Crippen molar-refractivity contribution in [3.05, 3.63) is 24.0 Å². The predicted octanol–water partition coefficient (Wildman–Crippen LogP) is 3.07. The van der Waals surface area contributed by atoms with Gasteiger partial charge in [-0.15, -0.1) is 0 Å². The molecule has 1 aromatic heterocycles. The molecular weight excluding hydrogens is 250 g/mol. The third-order valence-corrected chi connectivity index (χ3v) is 4.36. The molecule has 0 aliphatic heterocycles. The Balaban J connectivity index is 1.84. The van der Waals surface area contributed by atoms with Crippen molar-refractivity contribution in [2.24, 2.45) is 11.8 Å². The number of carbonyl (C=O) groups excluding carboxylic acids is 1. The molecule has 1 aromatic rings. The summed E-state index contributed by atoms with van der Waals surface area (Å²) in [7, 11) is 1.62. The number of anilines is 1. The fourth-order valence-corrected chi connectivity index (χ4v) is 2.90. The van der Waals surface area contributed by atoms with Crippen LogP contribution in [0, 0.1) is 11.8 Å².